The van der Waals surface area contributed by atoms with Crippen molar-refractivity contribution in [1.29, 1.82) is 0 Å². The van der Waals surface area contributed by atoms with Gasteiger partial charge in [-0.05, 0) is 37.1 Å². The first-order valence-corrected chi connectivity index (χ1v) is 10.2. The Bertz CT molecular complexity index is 744. The lowest BCUT2D eigenvalue weighted by molar-refractivity contribution is 0.0598. The summed E-state index contributed by atoms with van der Waals surface area (Å²) in [6.45, 7) is 0.521. The summed E-state index contributed by atoms with van der Waals surface area (Å²) in [6.07, 6.45) is 4.57. The Morgan fingerprint density at radius 2 is 1.52 bits per heavy atom. The molecule has 1 saturated heterocycles. The number of hydrogen-bond donors (Lipinski definition) is 0. The molecular weight excluding hydrogens is 342 g/mol. The van der Waals surface area contributed by atoms with Gasteiger partial charge in [-0.15, -0.1) is 0 Å². The Morgan fingerprint density at radius 3 is 2.08 bits per heavy atom. The van der Waals surface area contributed by atoms with Crippen molar-refractivity contribution in [3.05, 3.63) is 35.4 Å². The maximum Gasteiger partial charge on any atom is 0.337 e. The van der Waals surface area contributed by atoms with Crippen molar-refractivity contribution >= 4 is 21.7 Å². The van der Waals surface area contributed by atoms with E-state index in [9.17, 15) is 18.0 Å². The Labute approximate surface area is 148 Å². The van der Waals surface area contributed by atoms with Crippen LogP contribution in [0.15, 0.2) is 24.3 Å². The third-order valence-corrected chi connectivity index (χ3v) is 7.80. The fraction of sp³-hybridized carbons (Fsp3) is 0.556. The molecule has 3 rings (SSSR count). The molecule has 1 aromatic carbocycles. The van der Waals surface area contributed by atoms with Gasteiger partial charge in [0.25, 0.3) is 5.91 Å². The molecule has 6 nitrogen and oxygen atoms in total. The lowest BCUT2D eigenvalue weighted by Gasteiger charge is -2.40. The van der Waals surface area contributed by atoms with Crippen molar-refractivity contribution in [2.45, 2.75) is 42.6 Å². The average Bonchev–Trinajstić information content (AvgIpc) is 2.60. The van der Waals surface area contributed by atoms with E-state index in [1.807, 2.05) is 0 Å². The minimum atomic E-state index is -3.15. The van der Waals surface area contributed by atoms with Crippen LogP contribution in [0.3, 0.4) is 0 Å². The summed E-state index contributed by atoms with van der Waals surface area (Å²) < 4.78 is 29.9. The third-order valence-electron chi connectivity index (χ3n) is 5.17. The molecule has 0 bridgehead atoms. The van der Waals surface area contributed by atoms with Crippen LogP contribution in [0.4, 0.5) is 0 Å². The van der Waals surface area contributed by atoms with Crippen molar-refractivity contribution in [2.24, 2.45) is 0 Å². The van der Waals surface area contributed by atoms with E-state index in [1.165, 1.54) is 19.2 Å². The normalized spacial score (nSPS) is 19.3. The highest BCUT2D eigenvalue weighted by Gasteiger charge is 2.43. The number of ether oxygens (including phenoxy) is 1. The van der Waals surface area contributed by atoms with E-state index < -0.39 is 21.1 Å². The summed E-state index contributed by atoms with van der Waals surface area (Å²) in [7, 11) is -1.85. The highest BCUT2D eigenvalue weighted by molar-refractivity contribution is 7.92. The summed E-state index contributed by atoms with van der Waals surface area (Å²) in [4.78, 5) is 25.4. The van der Waals surface area contributed by atoms with Gasteiger partial charge in [0.15, 0.2) is 9.84 Å². The fourth-order valence-electron chi connectivity index (χ4n) is 3.53. The zero-order chi connectivity index (χ0) is 18.0. The first-order chi connectivity index (χ1) is 11.9. The standard InChI is InChI=1S/C18H23NO5S/c1-24-18(21)14-9-7-13(8-10-14)17(20)19-11-16(12-19)25(22,23)15-5-3-2-4-6-15/h7-10,15-16H,2-6,11-12H2,1H3. The van der Waals surface area contributed by atoms with Gasteiger partial charge >= 0.3 is 5.97 Å². The Hall–Kier alpha value is -1.89. The average molecular weight is 365 g/mol. The van der Waals surface area contributed by atoms with Crippen LogP contribution < -0.4 is 0 Å². The number of benzene rings is 1. The number of carbonyl (C=O) groups is 2. The second-order valence-electron chi connectivity index (χ2n) is 6.75. The van der Waals surface area contributed by atoms with Gasteiger partial charge < -0.3 is 9.64 Å². The predicted molar refractivity (Wildman–Crippen MR) is 93.3 cm³/mol. The number of rotatable bonds is 4. The molecule has 0 atom stereocenters. The summed E-state index contributed by atoms with van der Waals surface area (Å²) >= 11 is 0. The second-order valence-corrected chi connectivity index (χ2v) is 9.26. The smallest absolute Gasteiger partial charge is 0.337 e. The van der Waals surface area contributed by atoms with Crippen LogP contribution in [0.1, 0.15) is 52.8 Å². The molecule has 1 amide bonds. The number of carbonyl (C=O) groups excluding carboxylic acids is 2. The lowest BCUT2D eigenvalue weighted by Crippen LogP contribution is -2.58. The van der Waals surface area contributed by atoms with Crippen molar-refractivity contribution in [1.82, 2.24) is 4.90 Å². The predicted octanol–water partition coefficient (Wildman–Crippen LogP) is 2.05. The van der Waals surface area contributed by atoms with E-state index in [4.69, 9.17) is 0 Å². The van der Waals surface area contributed by atoms with Gasteiger partial charge in [-0.2, -0.15) is 0 Å². The molecule has 2 aliphatic rings. The number of hydrogen-bond acceptors (Lipinski definition) is 5. The zero-order valence-electron chi connectivity index (χ0n) is 14.3. The maximum absolute atomic E-state index is 12.6. The topological polar surface area (TPSA) is 80.8 Å². The first-order valence-electron chi connectivity index (χ1n) is 8.64. The molecule has 1 aromatic rings. The number of amides is 1. The van der Waals surface area contributed by atoms with E-state index in [2.05, 4.69) is 4.74 Å². The molecule has 0 radical (unpaired) electrons. The fourth-order valence-corrected chi connectivity index (χ4v) is 5.84. The van der Waals surface area contributed by atoms with Gasteiger partial charge in [0, 0.05) is 18.7 Å². The number of nitrogens with zero attached hydrogens (tertiary/aromatic N) is 1. The Morgan fingerprint density at radius 1 is 0.960 bits per heavy atom. The number of sulfone groups is 1. The summed E-state index contributed by atoms with van der Waals surface area (Å²) in [5.41, 5.74) is 0.821. The summed E-state index contributed by atoms with van der Waals surface area (Å²) in [5, 5.41) is -0.670. The van der Waals surface area contributed by atoms with Crippen LogP contribution in [0.2, 0.25) is 0 Å². The quantitative estimate of drug-likeness (QED) is 0.763. The van der Waals surface area contributed by atoms with E-state index in [0.29, 0.717) is 11.1 Å². The second kappa shape index (κ2) is 7.15. The minimum Gasteiger partial charge on any atom is -0.465 e. The highest BCUT2D eigenvalue weighted by Crippen LogP contribution is 2.30. The van der Waals surface area contributed by atoms with E-state index in [-0.39, 0.29) is 24.2 Å². The Kier molecular flexibility index (Phi) is 5.13. The SMILES string of the molecule is COC(=O)c1ccc(C(=O)N2CC(S(=O)(=O)C3CCCCC3)C2)cc1. The molecule has 1 saturated carbocycles. The minimum absolute atomic E-state index is 0.202. The van der Waals surface area contributed by atoms with Gasteiger partial charge in [0.1, 0.15) is 0 Å². The van der Waals surface area contributed by atoms with E-state index in [1.54, 1.807) is 17.0 Å². The monoisotopic (exact) mass is 365 g/mol. The number of methoxy groups -OCH3 is 1. The molecule has 1 aliphatic heterocycles. The van der Waals surface area contributed by atoms with Crippen LogP contribution in [0.25, 0.3) is 0 Å². The van der Waals surface area contributed by atoms with E-state index >= 15 is 0 Å². The molecular formula is C18H23NO5S. The first kappa shape index (κ1) is 17.9. The van der Waals surface area contributed by atoms with Gasteiger partial charge in [-0.25, -0.2) is 13.2 Å². The van der Waals surface area contributed by atoms with Crippen LogP contribution in [0, 0.1) is 0 Å². The molecule has 2 fully saturated rings. The largest absolute Gasteiger partial charge is 0.465 e. The molecule has 1 aliphatic carbocycles. The highest BCUT2D eigenvalue weighted by atomic mass is 32.2. The molecule has 0 aromatic heterocycles. The van der Waals surface area contributed by atoms with Gasteiger partial charge in [-0.1, -0.05) is 19.3 Å². The summed E-state index contributed by atoms with van der Waals surface area (Å²) in [6, 6.07) is 6.21. The van der Waals surface area contributed by atoms with Crippen molar-refractivity contribution in [2.75, 3.05) is 20.2 Å². The molecule has 0 unspecified atom stereocenters. The summed E-state index contributed by atoms with van der Waals surface area (Å²) in [5.74, 6) is -0.659. The van der Waals surface area contributed by atoms with Crippen molar-refractivity contribution < 1.29 is 22.7 Å². The Balaban J connectivity index is 1.60. The molecule has 0 spiro atoms. The molecule has 25 heavy (non-hydrogen) atoms. The lowest BCUT2D eigenvalue weighted by atomic mass is 10.0. The third kappa shape index (κ3) is 3.56. The number of esters is 1. The van der Waals surface area contributed by atoms with Crippen LogP contribution >= 0.6 is 0 Å². The molecule has 136 valence electrons. The van der Waals surface area contributed by atoms with Crippen molar-refractivity contribution in [3.63, 3.8) is 0 Å². The maximum atomic E-state index is 12.6. The van der Waals surface area contributed by atoms with Crippen LogP contribution in [-0.4, -0.2) is 55.9 Å². The van der Waals surface area contributed by atoms with Crippen LogP contribution in [-0.2, 0) is 14.6 Å². The molecule has 7 heteroatoms. The van der Waals surface area contributed by atoms with Gasteiger partial charge in [0.05, 0.1) is 23.2 Å². The zero-order valence-corrected chi connectivity index (χ0v) is 15.1. The molecule has 1 heterocycles. The van der Waals surface area contributed by atoms with Crippen molar-refractivity contribution in [3.8, 4) is 0 Å². The number of likely N-dealkylation sites (tertiary alicyclic amines) is 1. The van der Waals surface area contributed by atoms with E-state index in [0.717, 1.165) is 32.1 Å². The molecule has 0 N–H and O–H groups in total. The van der Waals surface area contributed by atoms with Gasteiger partial charge in [0.2, 0.25) is 0 Å². The van der Waals surface area contributed by atoms with Crippen LogP contribution in [0.5, 0.6) is 0 Å². The van der Waals surface area contributed by atoms with Gasteiger partial charge in [-0.3, -0.25) is 4.79 Å².